The number of nitrogens with one attached hydrogen (secondary N) is 1. The third-order valence-corrected chi connectivity index (χ3v) is 4.55. The number of aliphatic carboxylic acids is 1. The summed E-state index contributed by atoms with van der Waals surface area (Å²) in [5, 5.41) is 14.0. The lowest BCUT2D eigenvalue weighted by Gasteiger charge is -2.26. The summed E-state index contributed by atoms with van der Waals surface area (Å²) in [4.78, 5) is 23.0. The minimum Gasteiger partial charge on any atom is -0.483 e. The van der Waals surface area contributed by atoms with Crippen molar-refractivity contribution in [3.8, 4) is 5.75 Å². The highest BCUT2D eigenvalue weighted by Gasteiger charge is 2.26. The highest BCUT2D eigenvalue weighted by molar-refractivity contribution is 5.88. The van der Waals surface area contributed by atoms with E-state index < -0.39 is 5.97 Å². The first-order chi connectivity index (χ1) is 11.6. The van der Waals surface area contributed by atoms with Crippen LogP contribution in [0.1, 0.15) is 25.7 Å². The lowest BCUT2D eigenvalue weighted by Crippen LogP contribution is -2.40. The van der Waals surface area contributed by atoms with Crippen LogP contribution in [0.25, 0.3) is 10.8 Å². The molecular weight excluding hydrogens is 306 g/mol. The number of hydrogen-bond acceptors (Lipinski definition) is 3. The zero-order valence-corrected chi connectivity index (χ0v) is 13.4. The van der Waals surface area contributed by atoms with E-state index in [-0.39, 0.29) is 24.5 Å². The Morgan fingerprint density at radius 1 is 1.04 bits per heavy atom. The average Bonchev–Trinajstić information content (AvgIpc) is 2.60. The number of benzene rings is 2. The van der Waals surface area contributed by atoms with Crippen molar-refractivity contribution in [2.75, 3.05) is 6.61 Å². The molecule has 3 rings (SSSR count). The molecule has 0 unspecified atom stereocenters. The van der Waals surface area contributed by atoms with Gasteiger partial charge in [-0.25, -0.2) is 0 Å². The predicted octanol–water partition coefficient (Wildman–Crippen LogP) is 2.98. The van der Waals surface area contributed by atoms with Crippen molar-refractivity contribution in [3.05, 3.63) is 42.5 Å². The van der Waals surface area contributed by atoms with Gasteiger partial charge in [-0.3, -0.25) is 9.59 Å². The molecule has 0 saturated heterocycles. The van der Waals surface area contributed by atoms with E-state index in [1.807, 2.05) is 42.5 Å². The number of ether oxygens (including phenoxy) is 1. The van der Waals surface area contributed by atoms with E-state index in [1.54, 1.807) is 0 Å². The number of carboxylic acid groups (broad SMARTS) is 1. The lowest BCUT2D eigenvalue weighted by atomic mass is 9.86. The highest BCUT2D eigenvalue weighted by atomic mass is 16.5. The molecule has 0 bridgehead atoms. The summed E-state index contributed by atoms with van der Waals surface area (Å²) in [6.45, 7) is -0.0349. The molecule has 0 aromatic heterocycles. The van der Waals surface area contributed by atoms with Gasteiger partial charge in [0.2, 0.25) is 0 Å². The molecule has 5 heteroatoms. The molecule has 0 radical (unpaired) electrons. The SMILES string of the molecule is O=C(COc1cccc2ccccc12)NC1CCC(C(=O)O)CC1. The van der Waals surface area contributed by atoms with Crippen molar-refractivity contribution >= 4 is 22.6 Å². The number of fused-ring (bicyclic) bond motifs is 1. The Balaban J connectivity index is 1.52. The van der Waals surface area contributed by atoms with Gasteiger partial charge in [-0.05, 0) is 37.1 Å². The fourth-order valence-electron chi connectivity index (χ4n) is 3.22. The largest absolute Gasteiger partial charge is 0.483 e. The Morgan fingerprint density at radius 3 is 2.50 bits per heavy atom. The van der Waals surface area contributed by atoms with Gasteiger partial charge in [-0.2, -0.15) is 0 Å². The molecule has 5 nitrogen and oxygen atoms in total. The summed E-state index contributed by atoms with van der Waals surface area (Å²) < 4.78 is 5.68. The van der Waals surface area contributed by atoms with Crippen LogP contribution >= 0.6 is 0 Å². The van der Waals surface area contributed by atoms with E-state index in [0.717, 1.165) is 10.8 Å². The monoisotopic (exact) mass is 327 g/mol. The summed E-state index contributed by atoms with van der Waals surface area (Å²) in [5.41, 5.74) is 0. The number of hydrogen-bond donors (Lipinski definition) is 2. The van der Waals surface area contributed by atoms with Crippen LogP contribution in [0.3, 0.4) is 0 Å². The van der Waals surface area contributed by atoms with E-state index in [1.165, 1.54) is 0 Å². The highest BCUT2D eigenvalue weighted by Crippen LogP contribution is 2.26. The first kappa shape index (κ1) is 16.3. The summed E-state index contributed by atoms with van der Waals surface area (Å²) in [5.74, 6) is -0.483. The Labute approximate surface area is 140 Å². The molecule has 0 aliphatic heterocycles. The first-order valence-electron chi connectivity index (χ1n) is 8.26. The van der Waals surface area contributed by atoms with Crippen LogP contribution in [0.4, 0.5) is 0 Å². The van der Waals surface area contributed by atoms with E-state index in [9.17, 15) is 9.59 Å². The van der Waals surface area contributed by atoms with E-state index in [2.05, 4.69) is 5.32 Å². The molecule has 0 spiro atoms. The molecule has 1 aliphatic carbocycles. The van der Waals surface area contributed by atoms with Crippen molar-refractivity contribution in [1.29, 1.82) is 0 Å². The van der Waals surface area contributed by atoms with Crippen LogP contribution in [0.2, 0.25) is 0 Å². The number of carbonyl (C=O) groups excluding carboxylic acids is 1. The van der Waals surface area contributed by atoms with Gasteiger partial charge in [-0.15, -0.1) is 0 Å². The zero-order valence-electron chi connectivity index (χ0n) is 13.4. The second-order valence-corrected chi connectivity index (χ2v) is 6.22. The third kappa shape index (κ3) is 3.85. The van der Waals surface area contributed by atoms with Crippen LogP contribution in [0, 0.1) is 5.92 Å². The Bertz CT molecular complexity index is 730. The fraction of sp³-hybridized carbons (Fsp3) is 0.368. The van der Waals surface area contributed by atoms with E-state index in [0.29, 0.717) is 31.4 Å². The molecule has 0 atom stereocenters. The molecule has 1 aliphatic rings. The van der Waals surface area contributed by atoms with Crippen molar-refractivity contribution in [1.82, 2.24) is 5.32 Å². The number of carbonyl (C=O) groups is 2. The maximum Gasteiger partial charge on any atom is 0.306 e. The molecule has 126 valence electrons. The molecule has 24 heavy (non-hydrogen) atoms. The molecule has 1 fully saturated rings. The molecule has 1 amide bonds. The van der Waals surface area contributed by atoms with Crippen molar-refractivity contribution < 1.29 is 19.4 Å². The average molecular weight is 327 g/mol. The maximum atomic E-state index is 12.1. The van der Waals surface area contributed by atoms with Crippen molar-refractivity contribution in [2.24, 2.45) is 5.92 Å². The van der Waals surface area contributed by atoms with Crippen LogP contribution in [0.5, 0.6) is 5.75 Å². The van der Waals surface area contributed by atoms with E-state index >= 15 is 0 Å². The van der Waals surface area contributed by atoms with Crippen molar-refractivity contribution in [3.63, 3.8) is 0 Å². The smallest absolute Gasteiger partial charge is 0.306 e. The Hall–Kier alpha value is -2.56. The number of carboxylic acids is 1. The van der Waals surface area contributed by atoms with Gasteiger partial charge >= 0.3 is 5.97 Å². The maximum absolute atomic E-state index is 12.1. The molecule has 2 aromatic rings. The van der Waals surface area contributed by atoms with Crippen LogP contribution < -0.4 is 10.1 Å². The minimum atomic E-state index is -0.737. The summed E-state index contributed by atoms with van der Waals surface area (Å²) in [7, 11) is 0. The fourth-order valence-corrected chi connectivity index (χ4v) is 3.22. The topological polar surface area (TPSA) is 75.6 Å². The van der Waals surface area contributed by atoms with E-state index in [4.69, 9.17) is 9.84 Å². The molecule has 1 saturated carbocycles. The second-order valence-electron chi connectivity index (χ2n) is 6.22. The van der Waals surface area contributed by atoms with Gasteiger partial charge in [0.05, 0.1) is 5.92 Å². The molecule has 2 aromatic carbocycles. The Morgan fingerprint density at radius 2 is 1.75 bits per heavy atom. The molecule has 2 N–H and O–H groups in total. The molecule has 0 heterocycles. The van der Waals surface area contributed by atoms with Gasteiger partial charge in [0.1, 0.15) is 5.75 Å². The standard InChI is InChI=1S/C19H21NO4/c21-18(20-15-10-8-14(9-11-15)19(22)23)12-24-17-7-3-5-13-4-1-2-6-16(13)17/h1-7,14-15H,8-12H2,(H,20,21)(H,22,23). The van der Waals surface area contributed by atoms with Gasteiger partial charge in [0.15, 0.2) is 6.61 Å². The number of amides is 1. The first-order valence-corrected chi connectivity index (χ1v) is 8.26. The second kappa shape index (κ2) is 7.34. The van der Waals surface area contributed by atoms with Crippen LogP contribution in [-0.2, 0) is 9.59 Å². The van der Waals surface area contributed by atoms with Crippen molar-refractivity contribution in [2.45, 2.75) is 31.7 Å². The van der Waals surface area contributed by atoms with Gasteiger partial charge < -0.3 is 15.2 Å². The Kier molecular flexibility index (Phi) is 4.99. The van der Waals surface area contributed by atoms with Gasteiger partial charge in [-0.1, -0.05) is 36.4 Å². The third-order valence-electron chi connectivity index (χ3n) is 4.55. The normalized spacial score (nSPS) is 20.5. The summed E-state index contributed by atoms with van der Waals surface area (Å²) >= 11 is 0. The van der Waals surface area contributed by atoms with Crippen LogP contribution in [-0.4, -0.2) is 29.6 Å². The van der Waals surface area contributed by atoms with Gasteiger partial charge in [0.25, 0.3) is 5.91 Å². The lowest BCUT2D eigenvalue weighted by molar-refractivity contribution is -0.142. The quantitative estimate of drug-likeness (QED) is 0.885. The summed E-state index contributed by atoms with van der Waals surface area (Å²) in [6, 6.07) is 13.7. The van der Waals surface area contributed by atoms with Crippen LogP contribution in [0.15, 0.2) is 42.5 Å². The minimum absolute atomic E-state index is 0.0349. The molecular formula is C19H21NO4. The number of rotatable bonds is 5. The predicted molar refractivity (Wildman–Crippen MR) is 91.0 cm³/mol. The summed E-state index contributed by atoms with van der Waals surface area (Å²) in [6.07, 6.45) is 2.64. The van der Waals surface area contributed by atoms with Gasteiger partial charge in [0, 0.05) is 11.4 Å². The zero-order chi connectivity index (χ0) is 16.9.